The fourth-order valence-corrected chi connectivity index (χ4v) is 4.07. The zero-order valence-corrected chi connectivity index (χ0v) is 18.4. The highest BCUT2D eigenvalue weighted by atomic mass is 16.5. The van der Waals surface area contributed by atoms with Crippen LogP contribution < -0.4 is 9.47 Å². The third kappa shape index (κ3) is 4.44. The Morgan fingerprint density at radius 2 is 1.65 bits per heavy atom. The van der Waals surface area contributed by atoms with E-state index in [9.17, 15) is 4.79 Å². The van der Waals surface area contributed by atoms with Gasteiger partial charge in [0.15, 0.2) is 11.5 Å². The molecule has 2 heterocycles. The van der Waals surface area contributed by atoms with E-state index in [0.717, 1.165) is 43.6 Å². The minimum atomic E-state index is 0.0658. The lowest BCUT2D eigenvalue weighted by molar-refractivity contribution is 0.0641. The van der Waals surface area contributed by atoms with E-state index in [0.29, 0.717) is 17.2 Å². The first-order valence-corrected chi connectivity index (χ1v) is 10.6. The second kappa shape index (κ2) is 9.27. The molecule has 1 aromatic heterocycles. The zero-order chi connectivity index (χ0) is 21.8. The molecule has 3 aromatic rings. The first-order chi connectivity index (χ1) is 15.1. The van der Waals surface area contributed by atoms with Gasteiger partial charge in [-0.25, -0.2) is 0 Å². The largest absolute Gasteiger partial charge is 0.493 e. The SMILES string of the molecule is COc1cc2cc(C(=O)N3CCN(CC=Cc4ccccc4)CC3)n(C)c2cc1OC. The summed E-state index contributed by atoms with van der Waals surface area (Å²) < 4.78 is 12.8. The Hall–Kier alpha value is -3.25. The average molecular weight is 420 g/mol. The van der Waals surface area contributed by atoms with Crippen LogP contribution in [0.2, 0.25) is 0 Å². The van der Waals surface area contributed by atoms with Crippen LogP contribution in [0.15, 0.2) is 54.6 Å². The summed E-state index contributed by atoms with van der Waals surface area (Å²) in [5.41, 5.74) is 2.84. The molecule has 0 atom stereocenters. The molecule has 0 saturated carbocycles. The second-order valence-electron chi connectivity index (χ2n) is 7.76. The molecule has 1 amide bonds. The summed E-state index contributed by atoms with van der Waals surface area (Å²) in [4.78, 5) is 17.5. The maximum absolute atomic E-state index is 13.2. The minimum absolute atomic E-state index is 0.0658. The number of methoxy groups -OCH3 is 2. The molecule has 0 N–H and O–H groups in total. The summed E-state index contributed by atoms with van der Waals surface area (Å²) in [6.07, 6.45) is 4.34. The number of fused-ring (bicyclic) bond motifs is 1. The molecule has 0 bridgehead atoms. The maximum atomic E-state index is 13.2. The number of benzene rings is 2. The normalized spacial score (nSPS) is 15.0. The van der Waals surface area contributed by atoms with Crippen LogP contribution in [0.25, 0.3) is 17.0 Å². The van der Waals surface area contributed by atoms with E-state index < -0.39 is 0 Å². The molecule has 0 aliphatic carbocycles. The highest BCUT2D eigenvalue weighted by molar-refractivity contribution is 5.99. The Morgan fingerprint density at radius 1 is 0.968 bits per heavy atom. The van der Waals surface area contributed by atoms with Crippen LogP contribution in [0.4, 0.5) is 0 Å². The predicted octanol–water partition coefficient (Wildman–Crippen LogP) is 3.67. The van der Waals surface area contributed by atoms with Gasteiger partial charge < -0.3 is 18.9 Å². The van der Waals surface area contributed by atoms with Gasteiger partial charge in [0, 0.05) is 51.2 Å². The number of amides is 1. The summed E-state index contributed by atoms with van der Waals surface area (Å²) in [6, 6.07) is 16.1. The summed E-state index contributed by atoms with van der Waals surface area (Å²) in [6.45, 7) is 4.09. The highest BCUT2D eigenvalue weighted by Crippen LogP contribution is 2.33. The topological polar surface area (TPSA) is 46.9 Å². The molecule has 2 aromatic carbocycles. The predicted molar refractivity (Wildman–Crippen MR) is 124 cm³/mol. The van der Waals surface area contributed by atoms with Gasteiger partial charge in [-0.3, -0.25) is 9.69 Å². The maximum Gasteiger partial charge on any atom is 0.270 e. The lowest BCUT2D eigenvalue weighted by Gasteiger charge is -2.34. The molecular weight excluding hydrogens is 390 g/mol. The van der Waals surface area contributed by atoms with E-state index in [1.54, 1.807) is 14.2 Å². The van der Waals surface area contributed by atoms with Crippen molar-refractivity contribution in [3.05, 3.63) is 65.9 Å². The van der Waals surface area contributed by atoms with Crippen molar-refractivity contribution in [2.24, 2.45) is 7.05 Å². The van der Waals surface area contributed by atoms with Crippen LogP contribution in [0, 0.1) is 0 Å². The number of ether oxygens (including phenoxy) is 2. The molecule has 1 saturated heterocycles. The van der Waals surface area contributed by atoms with Crippen molar-refractivity contribution in [2.45, 2.75) is 0 Å². The third-order valence-electron chi connectivity index (χ3n) is 5.90. The number of hydrogen-bond donors (Lipinski definition) is 0. The van der Waals surface area contributed by atoms with Gasteiger partial charge in [-0.1, -0.05) is 42.5 Å². The van der Waals surface area contributed by atoms with Crippen LogP contribution in [-0.2, 0) is 7.05 Å². The van der Waals surface area contributed by atoms with Crippen molar-refractivity contribution >= 4 is 22.9 Å². The van der Waals surface area contributed by atoms with Gasteiger partial charge in [0.2, 0.25) is 0 Å². The Labute approximate surface area is 183 Å². The molecule has 0 unspecified atom stereocenters. The Morgan fingerprint density at radius 3 is 2.32 bits per heavy atom. The van der Waals surface area contributed by atoms with E-state index in [2.05, 4.69) is 29.2 Å². The van der Waals surface area contributed by atoms with Gasteiger partial charge in [-0.2, -0.15) is 0 Å². The van der Waals surface area contributed by atoms with Crippen LogP contribution in [0.5, 0.6) is 11.5 Å². The molecule has 162 valence electrons. The number of aryl methyl sites for hydroxylation is 1. The molecule has 4 rings (SSSR count). The molecule has 6 nitrogen and oxygen atoms in total. The first kappa shape index (κ1) is 21.0. The number of aromatic nitrogens is 1. The molecule has 0 radical (unpaired) electrons. The van der Waals surface area contributed by atoms with Gasteiger partial charge in [-0.05, 0) is 17.7 Å². The van der Waals surface area contributed by atoms with Gasteiger partial charge in [-0.15, -0.1) is 0 Å². The van der Waals surface area contributed by atoms with Crippen LogP contribution in [-0.4, -0.2) is 67.2 Å². The number of rotatable bonds is 6. The lowest BCUT2D eigenvalue weighted by atomic mass is 10.2. The molecule has 0 spiro atoms. The third-order valence-corrected chi connectivity index (χ3v) is 5.90. The highest BCUT2D eigenvalue weighted by Gasteiger charge is 2.24. The molecular formula is C25H29N3O3. The van der Waals surface area contributed by atoms with Gasteiger partial charge in [0.25, 0.3) is 5.91 Å². The van der Waals surface area contributed by atoms with E-state index in [-0.39, 0.29) is 5.91 Å². The van der Waals surface area contributed by atoms with Crippen LogP contribution in [0.1, 0.15) is 16.1 Å². The summed E-state index contributed by atoms with van der Waals surface area (Å²) >= 11 is 0. The van der Waals surface area contributed by atoms with Gasteiger partial charge in [0.1, 0.15) is 5.69 Å². The van der Waals surface area contributed by atoms with E-state index in [4.69, 9.17) is 9.47 Å². The Kier molecular flexibility index (Phi) is 6.28. The number of carbonyl (C=O) groups excluding carboxylic acids is 1. The molecule has 1 fully saturated rings. The summed E-state index contributed by atoms with van der Waals surface area (Å²) in [7, 11) is 5.16. The molecule has 6 heteroatoms. The zero-order valence-electron chi connectivity index (χ0n) is 18.4. The lowest BCUT2D eigenvalue weighted by Crippen LogP contribution is -2.48. The van der Waals surface area contributed by atoms with Crippen LogP contribution >= 0.6 is 0 Å². The van der Waals surface area contributed by atoms with Crippen molar-refractivity contribution in [3.8, 4) is 11.5 Å². The van der Waals surface area contributed by atoms with Gasteiger partial charge in [0.05, 0.1) is 19.7 Å². The second-order valence-corrected chi connectivity index (χ2v) is 7.76. The van der Waals surface area contributed by atoms with Crippen molar-refractivity contribution in [2.75, 3.05) is 46.9 Å². The standard InChI is InChI=1S/C25H29N3O3/c1-26-21-18-24(31-3)23(30-2)17-20(21)16-22(26)25(29)28-14-12-27(13-15-28)11-7-10-19-8-5-4-6-9-19/h4-10,16-18H,11-15H2,1-3H3. The molecule has 1 aliphatic rings. The molecule has 1 aliphatic heterocycles. The van der Waals surface area contributed by atoms with Gasteiger partial charge >= 0.3 is 0 Å². The average Bonchev–Trinajstić information content (AvgIpc) is 3.14. The monoisotopic (exact) mass is 419 g/mol. The van der Waals surface area contributed by atoms with Crippen LogP contribution in [0.3, 0.4) is 0 Å². The summed E-state index contributed by atoms with van der Waals surface area (Å²) in [5.74, 6) is 1.39. The Balaban J connectivity index is 1.41. The van der Waals surface area contributed by atoms with E-state index in [1.165, 1.54) is 5.56 Å². The molecule has 31 heavy (non-hydrogen) atoms. The fourth-order valence-electron chi connectivity index (χ4n) is 4.07. The number of carbonyl (C=O) groups is 1. The number of piperazine rings is 1. The van der Waals surface area contributed by atoms with Crippen molar-refractivity contribution in [1.82, 2.24) is 14.4 Å². The smallest absolute Gasteiger partial charge is 0.270 e. The quantitative estimate of drug-likeness (QED) is 0.612. The fraction of sp³-hybridized carbons (Fsp3) is 0.320. The minimum Gasteiger partial charge on any atom is -0.493 e. The number of hydrogen-bond acceptors (Lipinski definition) is 4. The summed E-state index contributed by atoms with van der Waals surface area (Å²) in [5, 5.41) is 0.966. The van der Waals surface area contributed by atoms with Crippen molar-refractivity contribution in [1.29, 1.82) is 0 Å². The Bertz CT molecular complexity index is 1080. The van der Waals surface area contributed by atoms with E-state index in [1.807, 2.05) is 52.9 Å². The number of nitrogens with zero attached hydrogens (tertiary/aromatic N) is 3. The van der Waals surface area contributed by atoms with Crippen molar-refractivity contribution < 1.29 is 14.3 Å². The van der Waals surface area contributed by atoms with E-state index >= 15 is 0 Å². The first-order valence-electron chi connectivity index (χ1n) is 10.6. The van der Waals surface area contributed by atoms with Crippen molar-refractivity contribution in [3.63, 3.8) is 0 Å².